The Bertz CT molecular complexity index is 386. The maximum absolute atomic E-state index is 12.3. The molecule has 0 aromatic heterocycles. The number of rotatable bonds is 3. The van der Waals surface area contributed by atoms with E-state index in [0.29, 0.717) is 19.4 Å². The van der Waals surface area contributed by atoms with Crippen molar-refractivity contribution in [3.8, 4) is 0 Å². The first-order chi connectivity index (χ1) is 8.01. The molecule has 1 aliphatic carbocycles. The third-order valence-corrected chi connectivity index (χ3v) is 6.18. The van der Waals surface area contributed by atoms with Crippen molar-refractivity contribution in [3.63, 3.8) is 0 Å². The maximum Gasteiger partial charge on any atom is 0.307 e. The molecule has 5 nitrogen and oxygen atoms in total. The first-order valence-corrected chi connectivity index (χ1v) is 7.74. The van der Waals surface area contributed by atoms with Crippen LogP contribution in [0, 0.1) is 5.92 Å². The minimum atomic E-state index is -3.26. The summed E-state index contributed by atoms with van der Waals surface area (Å²) in [6.07, 6.45) is 4.66. The van der Waals surface area contributed by atoms with Gasteiger partial charge in [0.2, 0.25) is 10.0 Å². The highest BCUT2D eigenvalue weighted by molar-refractivity contribution is 7.89. The van der Waals surface area contributed by atoms with Gasteiger partial charge >= 0.3 is 5.97 Å². The second-order valence-electron chi connectivity index (χ2n) is 4.99. The van der Waals surface area contributed by atoms with Crippen LogP contribution in [0.25, 0.3) is 0 Å². The zero-order valence-electron chi connectivity index (χ0n) is 9.84. The van der Waals surface area contributed by atoms with Gasteiger partial charge in [-0.15, -0.1) is 0 Å². The Kier molecular flexibility index (Phi) is 3.73. The van der Waals surface area contributed by atoms with Gasteiger partial charge in [0.25, 0.3) is 0 Å². The lowest BCUT2D eigenvalue weighted by molar-refractivity contribution is -0.142. The highest BCUT2D eigenvalue weighted by atomic mass is 32.2. The number of sulfonamides is 1. The zero-order valence-corrected chi connectivity index (χ0v) is 10.7. The minimum absolute atomic E-state index is 0.161. The summed E-state index contributed by atoms with van der Waals surface area (Å²) in [4.78, 5) is 10.9. The normalized spacial score (nSPS) is 28.4. The predicted molar refractivity (Wildman–Crippen MR) is 63.1 cm³/mol. The molecule has 1 atom stereocenters. The molecular weight excluding hydrogens is 242 g/mol. The van der Waals surface area contributed by atoms with Gasteiger partial charge < -0.3 is 5.11 Å². The molecule has 0 amide bonds. The monoisotopic (exact) mass is 261 g/mol. The second-order valence-corrected chi connectivity index (χ2v) is 7.20. The van der Waals surface area contributed by atoms with Crippen molar-refractivity contribution in [1.82, 2.24) is 4.31 Å². The number of nitrogens with zero attached hydrogens (tertiary/aromatic N) is 1. The van der Waals surface area contributed by atoms with Gasteiger partial charge in [0, 0.05) is 13.1 Å². The van der Waals surface area contributed by atoms with Crippen LogP contribution >= 0.6 is 0 Å². The first kappa shape index (κ1) is 12.8. The summed E-state index contributed by atoms with van der Waals surface area (Å²) in [7, 11) is -3.26. The number of hydrogen-bond acceptors (Lipinski definition) is 3. The van der Waals surface area contributed by atoms with Crippen LogP contribution in [0.3, 0.4) is 0 Å². The molecule has 0 aromatic carbocycles. The molecule has 1 saturated carbocycles. The van der Waals surface area contributed by atoms with Crippen molar-refractivity contribution in [2.75, 3.05) is 13.1 Å². The van der Waals surface area contributed by atoms with E-state index in [9.17, 15) is 13.2 Å². The summed E-state index contributed by atoms with van der Waals surface area (Å²) in [6.45, 7) is 0.650. The van der Waals surface area contributed by atoms with E-state index in [1.807, 2.05) is 0 Å². The van der Waals surface area contributed by atoms with Crippen LogP contribution in [0.5, 0.6) is 0 Å². The smallest absolute Gasteiger partial charge is 0.307 e. The van der Waals surface area contributed by atoms with Crippen molar-refractivity contribution < 1.29 is 18.3 Å². The third-order valence-electron chi connectivity index (χ3n) is 3.82. The van der Waals surface area contributed by atoms with E-state index < -0.39 is 21.9 Å². The van der Waals surface area contributed by atoms with E-state index >= 15 is 0 Å². The molecule has 0 aromatic rings. The average molecular weight is 261 g/mol. The number of aliphatic carboxylic acids is 1. The lowest BCUT2D eigenvalue weighted by Gasteiger charge is -2.31. The highest BCUT2D eigenvalue weighted by Crippen LogP contribution is 2.29. The number of carboxylic acid groups (broad SMARTS) is 1. The van der Waals surface area contributed by atoms with Gasteiger partial charge in [-0.3, -0.25) is 4.79 Å². The van der Waals surface area contributed by atoms with Crippen molar-refractivity contribution in [2.24, 2.45) is 5.92 Å². The molecule has 17 heavy (non-hydrogen) atoms. The van der Waals surface area contributed by atoms with E-state index in [0.717, 1.165) is 25.7 Å². The van der Waals surface area contributed by atoms with Crippen molar-refractivity contribution in [2.45, 2.75) is 43.8 Å². The molecule has 1 N–H and O–H groups in total. The Morgan fingerprint density at radius 1 is 1.12 bits per heavy atom. The van der Waals surface area contributed by atoms with Crippen molar-refractivity contribution in [1.29, 1.82) is 0 Å². The third kappa shape index (κ3) is 2.63. The van der Waals surface area contributed by atoms with Crippen LogP contribution in [0.15, 0.2) is 0 Å². The molecule has 98 valence electrons. The SMILES string of the molecule is O=C(O)C1CCCN(S(=O)(=O)C2CCCC2)C1. The Morgan fingerprint density at radius 2 is 1.76 bits per heavy atom. The minimum Gasteiger partial charge on any atom is -0.481 e. The van der Waals surface area contributed by atoms with Crippen LogP contribution in [0.1, 0.15) is 38.5 Å². The summed E-state index contributed by atoms with van der Waals surface area (Å²) >= 11 is 0. The number of carbonyl (C=O) groups is 1. The largest absolute Gasteiger partial charge is 0.481 e. The fraction of sp³-hybridized carbons (Fsp3) is 0.909. The lowest BCUT2D eigenvalue weighted by Crippen LogP contribution is -2.45. The van der Waals surface area contributed by atoms with Gasteiger partial charge in [0.15, 0.2) is 0 Å². The molecule has 1 saturated heterocycles. The molecule has 0 bridgehead atoms. The van der Waals surface area contributed by atoms with E-state index in [-0.39, 0.29) is 11.8 Å². The van der Waals surface area contributed by atoms with Crippen LogP contribution < -0.4 is 0 Å². The summed E-state index contributed by atoms with van der Waals surface area (Å²) < 4.78 is 26.0. The van der Waals surface area contributed by atoms with E-state index in [2.05, 4.69) is 0 Å². The van der Waals surface area contributed by atoms with Gasteiger partial charge in [0.1, 0.15) is 0 Å². The number of carboxylic acids is 1. The zero-order chi connectivity index (χ0) is 12.5. The Balaban J connectivity index is 2.08. The van der Waals surface area contributed by atoms with Gasteiger partial charge in [0.05, 0.1) is 11.2 Å². The highest BCUT2D eigenvalue weighted by Gasteiger charge is 2.38. The molecule has 1 heterocycles. The fourth-order valence-electron chi connectivity index (χ4n) is 2.77. The molecule has 2 fully saturated rings. The topological polar surface area (TPSA) is 74.7 Å². The summed E-state index contributed by atoms with van der Waals surface area (Å²) in [6, 6.07) is 0. The van der Waals surface area contributed by atoms with Gasteiger partial charge in [-0.1, -0.05) is 12.8 Å². The molecule has 0 spiro atoms. The Hall–Kier alpha value is -0.620. The molecular formula is C11H19NO4S. The van der Waals surface area contributed by atoms with E-state index in [1.54, 1.807) is 0 Å². The lowest BCUT2D eigenvalue weighted by atomic mass is 10.0. The second kappa shape index (κ2) is 4.94. The van der Waals surface area contributed by atoms with Crippen LogP contribution in [0.4, 0.5) is 0 Å². The molecule has 6 heteroatoms. The van der Waals surface area contributed by atoms with Gasteiger partial charge in [-0.05, 0) is 25.7 Å². The van der Waals surface area contributed by atoms with Crippen LogP contribution in [0.2, 0.25) is 0 Å². The first-order valence-electron chi connectivity index (χ1n) is 6.23. The van der Waals surface area contributed by atoms with Crippen LogP contribution in [-0.2, 0) is 14.8 Å². The molecule has 0 radical (unpaired) electrons. The molecule has 2 aliphatic rings. The fourth-order valence-corrected chi connectivity index (χ4v) is 4.89. The quantitative estimate of drug-likeness (QED) is 0.824. The van der Waals surface area contributed by atoms with Crippen LogP contribution in [-0.4, -0.2) is 42.1 Å². The van der Waals surface area contributed by atoms with Crippen molar-refractivity contribution >= 4 is 16.0 Å². The predicted octanol–water partition coefficient (Wildman–Crippen LogP) is 1.06. The number of piperidine rings is 1. The van der Waals surface area contributed by atoms with Crippen molar-refractivity contribution in [3.05, 3.63) is 0 Å². The molecule has 2 rings (SSSR count). The summed E-state index contributed by atoms with van der Waals surface area (Å²) in [5, 5.41) is 8.70. The Morgan fingerprint density at radius 3 is 2.35 bits per heavy atom. The maximum atomic E-state index is 12.3. The summed E-state index contributed by atoms with van der Waals surface area (Å²) in [5.74, 6) is -1.41. The van der Waals surface area contributed by atoms with E-state index in [1.165, 1.54) is 4.31 Å². The molecule has 1 aliphatic heterocycles. The number of hydrogen-bond donors (Lipinski definition) is 1. The van der Waals surface area contributed by atoms with E-state index in [4.69, 9.17) is 5.11 Å². The Labute approximate surface area is 102 Å². The molecule has 1 unspecified atom stereocenters. The van der Waals surface area contributed by atoms with Gasteiger partial charge in [-0.2, -0.15) is 0 Å². The summed E-state index contributed by atoms with van der Waals surface area (Å²) in [5.41, 5.74) is 0. The average Bonchev–Trinajstić information content (AvgIpc) is 2.83. The standard InChI is InChI=1S/C11H19NO4S/c13-11(14)9-4-3-7-12(8-9)17(15,16)10-5-1-2-6-10/h9-10H,1-8H2,(H,13,14). The van der Waals surface area contributed by atoms with Gasteiger partial charge in [-0.25, -0.2) is 12.7 Å².